The lowest BCUT2D eigenvalue weighted by Gasteiger charge is -2.13. The lowest BCUT2D eigenvalue weighted by molar-refractivity contribution is -0.118. The molecule has 2 rings (SSSR count). The Labute approximate surface area is 147 Å². The van der Waals surface area contributed by atoms with Gasteiger partial charge in [-0.3, -0.25) is 9.59 Å². The highest BCUT2D eigenvalue weighted by Gasteiger charge is 2.10. The topological polar surface area (TPSA) is 93.5 Å². The Bertz CT molecular complexity index is 717. The molecule has 0 unspecified atom stereocenters. The number of benzene rings is 2. The minimum Gasteiger partial charge on any atom is -0.484 e. The normalized spacial score (nSPS) is 10.2. The zero-order valence-corrected chi connectivity index (χ0v) is 14.2. The summed E-state index contributed by atoms with van der Waals surface area (Å²) in [6, 6.07) is 14.5. The van der Waals surface area contributed by atoms with E-state index in [-0.39, 0.29) is 18.4 Å². The molecule has 0 saturated carbocycles. The smallest absolute Gasteiger partial charge is 0.262 e. The van der Waals surface area contributed by atoms with Gasteiger partial charge in [0.1, 0.15) is 5.75 Å². The molecule has 0 spiro atoms. The van der Waals surface area contributed by atoms with Crippen LogP contribution in [0.3, 0.4) is 0 Å². The van der Waals surface area contributed by atoms with Crippen LogP contribution in [0.4, 0.5) is 11.4 Å². The van der Waals surface area contributed by atoms with Crippen molar-refractivity contribution in [2.75, 3.05) is 23.8 Å². The number of para-hydroxylation sites is 1. The highest BCUT2D eigenvalue weighted by molar-refractivity contribution is 6.00. The lowest BCUT2D eigenvalue weighted by Crippen LogP contribution is -2.22. The summed E-state index contributed by atoms with van der Waals surface area (Å²) < 4.78 is 5.42. The van der Waals surface area contributed by atoms with Gasteiger partial charge in [0.2, 0.25) is 5.91 Å². The molecular formula is C19H23N3O3. The molecule has 2 amide bonds. The summed E-state index contributed by atoms with van der Waals surface area (Å²) in [5.41, 5.74) is 7.50. The molecule has 132 valence electrons. The fourth-order valence-electron chi connectivity index (χ4n) is 2.20. The molecular weight excluding hydrogens is 318 g/mol. The second kappa shape index (κ2) is 9.44. The Morgan fingerprint density at radius 2 is 1.72 bits per heavy atom. The van der Waals surface area contributed by atoms with Crippen LogP contribution in [0.5, 0.6) is 5.75 Å². The summed E-state index contributed by atoms with van der Waals surface area (Å²) in [5, 5.41) is 5.58. The lowest BCUT2D eigenvalue weighted by atomic mass is 10.1. The van der Waals surface area contributed by atoms with Gasteiger partial charge >= 0.3 is 0 Å². The highest BCUT2D eigenvalue weighted by Crippen LogP contribution is 2.23. The van der Waals surface area contributed by atoms with Gasteiger partial charge in [0.15, 0.2) is 6.61 Å². The van der Waals surface area contributed by atoms with Crippen LogP contribution in [0.15, 0.2) is 48.5 Å². The molecule has 2 aromatic carbocycles. The predicted molar refractivity (Wildman–Crippen MR) is 98.7 cm³/mol. The van der Waals surface area contributed by atoms with E-state index in [1.165, 1.54) is 0 Å². The standard InChI is InChI=1S/C19H23N3O3/c1-14-9-10-16(17(12-14)22-18(23)8-5-11-20)21-19(24)13-25-15-6-3-2-4-7-15/h2-4,6-7,9-10,12H,5,8,11,13,20H2,1H3,(H,21,24)(H,22,23). The van der Waals surface area contributed by atoms with E-state index in [2.05, 4.69) is 10.6 Å². The summed E-state index contributed by atoms with van der Waals surface area (Å²) in [4.78, 5) is 24.0. The van der Waals surface area contributed by atoms with E-state index in [4.69, 9.17) is 10.5 Å². The zero-order valence-electron chi connectivity index (χ0n) is 14.2. The number of amides is 2. The van der Waals surface area contributed by atoms with Crippen LogP contribution in [-0.4, -0.2) is 25.0 Å². The minimum absolute atomic E-state index is 0.113. The summed E-state index contributed by atoms with van der Waals surface area (Å²) in [6.45, 7) is 2.26. The van der Waals surface area contributed by atoms with E-state index in [0.717, 1.165) is 5.56 Å². The van der Waals surface area contributed by atoms with Crippen molar-refractivity contribution in [3.05, 3.63) is 54.1 Å². The fourth-order valence-corrected chi connectivity index (χ4v) is 2.20. The van der Waals surface area contributed by atoms with Crippen molar-refractivity contribution in [1.29, 1.82) is 0 Å². The molecule has 4 N–H and O–H groups in total. The molecule has 0 radical (unpaired) electrons. The molecule has 2 aromatic rings. The van der Waals surface area contributed by atoms with Crippen molar-refractivity contribution >= 4 is 23.2 Å². The second-order valence-corrected chi connectivity index (χ2v) is 5.64. The van der Waals surface area contributed by atoms with Gasteiger partial charge in [-0.2, -0.15) is 0 Å². The number of rotatable bonds is 8. The number of nitrogens with two attached hydrogens (primary N) is 1. The van der Waals surface area contributed by atoms with Crippen LogP contribution in [-0.2, 0) is 9.59 Å². The Hall–Kier alpha value is -2.86. The van der Waals surface area contributed by atoms with Crippen LogP contribution in [0.2, 0.25) is 0 Å². The number of anilines is 2. The quantitative estimate of drug-likeness (QED) is 0.688. The Balaban J connectivity index is 1.98. The van der Waals surface area contributed by atoms with Gasteiger partial charge in [0.05, 0.1) is 11.4 Å². The van der Waals surface area contributed by atoms with Gasteiger partial charge in [-0.1, -0.05) is 24.3 Å². The first-order chi connectivity index (χ1) is 12.1. The molecule has 25 heavy (non-hydrogen) atoms. The molecule has 0 aliphatic rings. The van der Waals surface area contributed by atoms with Crippen molar-refractivity contribution < 1.29 is 14.3 Å². The van der Waals surface area contributed by atoms with Gasteiger partial charge in [-0.05, 0) is 49.7 Å². The number of carbonyl (C=O) groups excluding carboxylic acids is 2. The zero-order chi connectivity index (χ0) is 18.1. The number of aryl methyl sites for hydroxylation is 1. The van der Waals surface area contributed by atoms with Gasteiger partial charge in [-0.25, -0.2) is 0 Å². The number of hydrogen-bond donors (Lipinski definition) is 3. The summed E-state index contributed by atoms with van der Waals surface area (Å²) in [6.07, 6.45) is 0.958. The minimum atomic E-state index is -0.301. The number of nitrogens with one attached hydrogen (secondary N) is 2. The number of carbonyl (C=O) groups is 2. The molecule has 0 aliphatic heterocycles. The monoisotopic (exact) mass is 341 g/mol. The van der Waals surface area contributed by atoms with Gasteiger partial charge < -0.3 is 21.1 Å². The van der Waals surface area contributed by atoms with Crippen molar-refractivity contribution in [2.24, 2.45) is 5.73 Å². The summed E-state index contributed by atoms with van der Waals surface area (Å²) in [5.74, 6) is 0.189. The molecule has 0 bridgehead atoms. The molecule has 0 saturated heterocycles. The molecule has 0 fully saturated rings. The van der Waals surface area contributed by atoms with E-state index >= 15 is 0 Å². The van der Waals surface area contributed by atoms with E-state index in [1.54, 1.807) is 18.2 Å². The first-order valence-corrected chi connectivity index (χ1v) is 8.17. The fraction of sp³-hybridized carbons (Fsp3) is 0.263. The summed E-state index contributed by atoms with van der Waals surface area (Å²) >= 11 is 0. The maximum absolute atomic E-state index is 12.1. The first kappa shape index (κ1) is 18.5. The van der Waals surface area contributed by atoms with Crippen molar-refractivity contribution in [3.63, 3.8) is 0 Å². The Morgan fingerprint density at radius 3 is 2.44 bits per heavy atom. The van der Waals surface area contributed by atoms with E-state index in [0.29, 0.717) is 36.5 Å². The maximum atomic E-state index is 12.1. The number of hydrogen-bond acceptors (Lipinski definition) is 4. The molecule has 0 heterocycles. The molecule has 6 heteroatoms. The largest absolute Gasteiger partial charge is 0.484 e. The first-order valence-electron chi connectivity index (χ1n) is 8.17. The maximum Gasteiger partial charge on any atom is 0.262 e. The second-order valence-electron chi connectivity index (χ2n) is 5.64. The van der Waals surface area contributed by atoms with E-state index in [1.807, 2.05) is 37.3 Å². The highest BCUT2D eigenvalue weighted by atomic mass is 16.5. The van der Waals surface area contributed by atoms with Gasteiger partial charge in [-0.15, -0.1) is 0 Å². The molecule has 0 atom stereocenters. The summed E-state index contributed by atoms with van der Waals surface area (Å²) in [7, 11) is 0. The van der Waals surface area contributed by atoms with E-state index in [9.17, 15) is 9.59 Å². The third-order valence-corrected chi connectivity index (χ3v) is 3.44. The Morgan fingerprint density at radius 1 is 1.00 bits per heavy atom. The number of ether oxygens (including phenoxy) is 1. The van der Waals surface area contributed by atoms with Crippen LogP contribution in [0, 0.1) is 6.92 Å². The van der Waals surface area contributed by atoms with Crippen LogP contribution in [0.25, 0.3) is 0 Å². The molecule has 0 aromatic heterocycles. The third kappa shape index (κ3) is 6.27. The third-order valence-electron chi connectivity index (χ3n) is 3.44. The Kier molecular flexibility index (Phi) is 6.98. The van der Waals surface area contributed by atoms with Crippen LogP contribution in [0.1, 0.15) is 18.4 Å². The van der Waals surface area contributed by atoms with Gasteiger partial charge in [0, 0.05) is 6.42 Å². The van der Waals surface area contributed by atoms with Crippen LogP contribution >= 0.6 is 0 Å². The van der Waals surface area contributed by atoms with Crippen molar-refractivity contribution in [3.8, 4) is 5.75 Å². The van der Waals surface area contributed by atoms with E-state index < -0.39 is 0 Å². The average Bonchev–Trinajstić information content (AvgIpc) is 2.61. The average molecular weight is 341 g/mol. The van der Waals surface area contributed by atoms with Crippen molar-refractivity contribution in [2.45, 2.75) is 19.8 Å². The molecule has 6 nitrogen and oxygen atoms in total. The van der Waals surface area contributed by atoms with Crippen LogP contribution < -0.4 is 21.1 Å². The SMILES string of the molecule is Cc1ccc(NC(=O)COc2ccccc2)c(NC(=O)CCCN)c1. The predicted octanol–water partition coefficient (Wildman–Crippen LogP) is 2.69. The molecule has 0 aliphatic carbocycles. The van der Waals surface area contributed by atoms with Gasteiger partial charge in [0.25, 0.3) is 5.91 Å². The van der Waals surface area contributed by atoms with Crippen molar-refractivity contribution in [1.82, 2.24) is 0 Å².